The van der Waals surface area contributed by atoms with Crippen molar-refractivity contribution in [3.05, 3.63) is 72.9 Å². The van der Waals surface area contributed by atoms with Gasteiger partial charge in [0, 0.05) is 6.42 Å². The van der Waals surface area contributed by atoms with Gasteiger partial charge in [-0.3, -0.25) is 13.8 Å². The van der Waals surface area contributed by atoms with E-state index in [9.17, 15) is 24.5 Å². The van der Waals surface area contributed by atoms with Crippen molar-refractivity contribution < 1.29 is 38.0 Å². The average molecular weight is 991 g/mol. The number of likely N-dealkylation sites (N-methyl/N-ethyl adjacent to an activating group) is 1. The molecule has 0 aliphatic carbocycles. The Balaban J connectivity index is 4.14. The van der Waals surface area contributed by atoms with Crippen molar-refractivity contribution >= 4 is 13.7 Å². The van der Waals surface area contributed by atoms with Gasteiger partial charge in [0.05, 0.1) is 39.9 Å². The fourth-order valence-corrected chi connectivity index (χ4v) is 8.82. The van der Waals surface area contributed by atoms with E-state index in [-0.39, 0.29) is 18.9 Å². The fraction of sp³-hybridized carbons (Fsp3) is 0.780. The molecule has 4 N–H and O–H groups in total. The summed E-state index contributed by atoms with van der Waals surface area (Å²) in [6.45, 7) is 4.49. The number of aliphatic hydroxyl groups is 2. The van der Waals surface area contributed by atoms with Crippen LogP contribution in [-0.2, 0) is 18.4 Å². The summed E-state index contributed by atoms with van der Waals surface area (Å²) in [5.41, 5.74) is 0. The summed E-state index contributed by atoms with van der Waals surface area (Å²) in [5.74, 6) is -0.260. The van der Waals surface area contributed by atoms with E-state index in [1.54, 1.807) is 0 Å². The summed E-state index contributed by atoms with van der Waals surface area (Å²) >= 11 is 0. The predicted octanol–water partition coefficient (Wildman–Crippen LogP) is 16.1. The van der Waals surface area contributed by atoms with Crippen LogP contribution >= 0.6 is 7.82 Å². The van der Waals surface area contributed by atoms with E-state index in [2.05, 4.69) is 92.1 Å². The van der Waals surface area contributed by atoms with Gasteiger partial charge in [0.1, 0.15) is 19.3 Å². The van der Waals surface area contributed by atoms with E-state index in [0.717, 1.165) is 77.0 Å². The van der Waals surface area contributed by atoms with Gasteiger partial charge in [-0.05, 0) is 64.2 Å². The summed E-state index contributed by atoms with van der Waals surface area (Å²) in [5, 5.41) is 24.8. The first kappa shape index (κ1) is 66.9. The first-order valence-electron chi connectivity index (χ1n) is 28.4. The molecule has 0 bridgehead atoms. The van der Waals surface area contributed by atoms with E-state index >= 15 is 0 Å². The highest BCUT2D eigenvalue weighted by Gasteiger charge is 2.32. The molecule has 0 aliphatic rings. The minimum absolute atomic E-state index is 0.0200. The first-order chi connectivity index (χ1) is 33.4. The van der Waals surface area contributed by atoms with Gasteiger partial charge in [-0.25, -0.2) is 4.57 Å². The molecule has 0 aromatic carbocycles. The summed E-state index contributed by atoms with van der Waals surface area (Å²) in [7, 11) is 1.43. The maximum Gasteiger partial charge on any atom is 0.472 e. The molecule has 0 saturated heterocycles. The molecule has 0 radical (unpaired) electrons. The van der Waals surface area contributed by atoms with Gasteiger partial charge >= 0.3 is 7.82 Å². The van der Waals surface area contributed by atoms with Gasteiger partial charge in [0.2, 0.25) is 5.91 Å². The third-order valence-corrected chi connectivity index (χ3v) is 13.5. The van der Waals surface area contributed by atoms with Crippen LogP contribution in [0.1, 0.15) is 239 Å². The molecule has 0 aliphatic heterocycles. The quantitative estimate of drug-likeness (QED) is 0.0207. The molecule has 0 saturated carbocycles. The number of carbonyl (C=O) groups excluding carboxylic acids is 1. The van der Waals surface area contributed by atoms with Crippen LogP contribution in [0.5, 0.6) is 0 Å². The lowest BCUT2D eigenvalue weighted by Crippen LogP contribution is -2.51. The zero-order chi connectivity index (χ0) is 50.8. The monoisotopic (exact) mass is 990 g/mol. The molecule has 1 amide bonds. The Hall–Kier alpha value is -2.10. The summed E-state index contributed by atoms with van der Waals surface area (Å²) in [6, 6.07) is -1.04. The zero-order valence-electron chi connectivity index (χ0n) is 45.4. The summed E-state index contributed by atoms with van der Waals surface area (Å²) < 4.78 is 23.6. The number of amides is 1. The second-order valence-corrected chi connectivity index (χ2v) is 21.9. The van der Waals surface area contributed by atoms with Crippen LogP contribution in [0.25, 0.3) is 0 Å². The molecule has 4 atom stereocenters. The van der Waals surface area contributed by atoms with Gasteiger partial charge in [0.25, 0.3) is 0 Å². The van der Waals surface area contributed by atoms with Crippen molar-refractivity contribution in [3.8, 4) is 0 Å². The Morgan fingerprint density at radius 2 is 0.899 bits per heavy atom. The highest BCUT2D eigenvalue weighted by molar-refractivity contribution is 7.47. The number of nitrogens with one attached hydrogen (secondary N) is 1. The number of aliphatic hydroxyl groups excluding tert-OH is 2. The van der Waals surface area contributed by atoms with Crippen molar-refractivity contribution in [1.82, 2.24) is 5.32 Å². The first-order valence-corrected chi connectivity index (χ1v) is 29.9. The molecule has 4 unspecified atom stereocenters. The fourth-order valence-electron chi connectivity index (χ4n) is 8.09. The zero-order valence-corrected chi connectivity index (χ0v) is 46.3. The molecular formula is C59H110N2O7P+. The van der Waals surface area contributed by atoms with Crippen molar-refractivity contribution in [1.29, 1.82) is 0 Å². The lowest BCUT2D eigenvalue weighted by molar-refractivity contribution is -0.870. The lowest BCUT2D eigenvalue weighted by Gasteiger charge is -2.28. The number of phosphoric acid groups is 1. The van der Waals surface area contributed by atoms with Crippen molar-refractivity contribution in [3.63, 3.8) is 0 Å². The normalized spacial score (nSPS) is 15.0. The molecule has 0 aromatic heterocycles. The minimum atomic E-state index is -4.42. The molecular weight excluding hydrogens is 880 g/mol. The Bertz CT molecular complexity index is 1370. The number of quaternary nitrogens is 1. The second kappa shape index (κ2) is 49.5. The van der Waals surface area contributed by atoms with Crippen LogP contribution in [0.3, 0.4) is 0 Å². The molecule has 0 spiro atoms. The smallest absolute Gasteiger partial charge is 0.390 e. The van der Waals surface area contributed by atoms with E-state index in [4.69, 9.17) is 9.05 Å². The third kappa shape index (κ3) is 50.6. The molecule has 0 rings (SSSR count). The van der Waals surface area contributed by atoms with Crippen molar-refractivity contribution in [2.45, 2.75) is 257 Å². The third-order valence-electron chi connectivity index (χ3n) is 12.6. The van der Waals surface area contributed by atoms with Gasteiger partial charge in [-0.15, -0.1) is 0 Å². The van der Waals surface area contributed by atoms with Crippen LogP contribution in [0.2, 0.25) is 0 Å². The standard InChI is InChI=1S/C59H109N2O7P/c1-6-8-10-12-14-16-18-20-21-22-23-24-25-26-27-28-29-30-31-32-33-34-35-36-37-38-39-40-42-44-46-48-50-52-58(63)60-56(55-68-69(65,66)67-54-53-61(3,4)5)59(64)57(62)51-49-47-45-43-41-19-17-15-13-11-9-7-2/h8,10,14,16,20-21,23-24,26-27,29-30,56-57,59,62,64H,6-7,9,11-13,15,17-19,22,25,28,31-55H2,1-5H3,(H-,60,63,65,66)/p+1/b10-8-,16-14-,21-20-,24-23-,27-26-,30-29-. The molecule has 0 heterocycles. The lowest BCUT2D eigenvalue weighted by atomic mass is 9.99. The predicted molar refractivity (Wildman–Crippen MR) is 296 cm³/mol. The van der Waals surface area contributed by atoms with Gasteiger partial charge in [-0.1, -0.05) is 241 Å². The molecule has 0 aromatic rings. The number of carbonyl (C=O) groups is 1. The number of phosphoric ester groups is 1. The van der Waals surface area contributed by atoms with Crippen LogP contribution < -0.4 is 5.32 Å². The Kier molecular flexibility index (Phi) is 48.0. The van der Waals surface area contributed by atoms with Gasteiger partial charge < -0.3 is 24.9 Å². The number of unbranched alkanes of at least 4 members (excludes halogenated alkanes) is 25. The van der Waals surface area contributed by atoms with Crippen molar-refractivity contribution in [2.75, 3.05) is 40.9 Å². The molecule has 69 heavy (non-hydrogen) atoms. The van der Waals surface area contributed by atoms with Crippen LogP contribution in [0.15, 0.2) is 72.9 Å². The second-order valence-electron chi connectivity index (χ2n) is 20.4. The molecule has 0 fully saturated rings. The number of hydrogen-bond acceptors (Lipinski definition) is 6. The molecule has 10 heteroatoms. The van der Waals surface area contributed by atoms with E-state index in [1.165, 1.54) is 135 Å². The topological polar surface area (TPSA) is 125 Å². The Morgan fingerprint density at radius 1 is 0.522 bits per heavy atom. The Morgan fingerprint density at radius 3 is 1.32 bits per heavy atom. The summed E-state index contributed by atoms with van der Waals surface area (Å²) in [6.07, 6.45) is 64.1. The van der Waals surface area contributed by atoms with E-state index < -0.39 is 32.7 Å². The number of nitrogens with zero attached hydrogens (tertiary/aromatic N) is 1. The van der Waals surface area contributed by atoms with E-state index in [0.29, 0.717) is 17.4 Å². The van der Waals surface area contributed by atoms with Crippen LogP contribution in [0.4, 0.5) is 0 Å². The highest BCUT2D eigenvalue weighted by atomic mass is 31.2. The minimum Gasteiger partial charge on any atom is -0.390 e. The van der Waals surface area contributed by atoms with Crippen LogP contribution in [-0.4, -0.2) is 84.6 Å². The molecule has 9 nitrogen and oxygen atoms in total. The molecule has 402 valence electrons. The van der Waals surface area contributed by atoms with Gasteiger partial charge in [0.15, 0.2) is 0 Å². The highest BCUT2D eigenvalue weighted by Crippen LogP contribution is 2.43. The Labute approximate surface area is 426 Å². The SMILES string of the molecule is CC/C=C\C/C=C\C/C=C\C/C=C\C/C=C\C/C=C\CCCCCCCCCCCCCCCCC(=O)NC(COP(=O)(O)OCC[N+](C)(C)C)C(O)C(O)CCCCCCCCCCCCCC. The maximum absolute atomic E-state index is 13.0. The number of allylic oxidation sites excluding steroid dienone is 12. The van der Waals surface area contributed by atoms with Crippen molar-refractivity contribution in [2.24, 2.45) is 0 Å². The van der Waals surface area contributed by atoms with Gasteiger partial charge in [-0.2, -0.15) is 0 Å². The number of hydrogen-bond donors (Lipinski definition) is 4. The maximum atomic E-state index is 13.0. The number of rotatable bonds is 51. The average Bonchev–Trinajstić information content (AvgIpc) is 3.31. The largest absolute Gasteiger partial charge is 0.472 e. The van der Waals surface area contributed by atoms with Crippen LogP contribution in [0, 0.1) is 0 Å². The van der Waals surface area contributed by atoms with E-state index in [1.807, 2.05) is 21.1 Å². The summed E-state index contributed by atoms with van der Waals surface area (Å²) in [4.78, 5) is 23.3.